The molecular formula is C21H27N3O5S2. The third-order valence-electron chi connectivity index (χ3n) is 4.34. The Balaban J connectivity index is 1.83. The van der Waals surface area contributed by atoms with Crippen molar-refractivity contribution in [2.24, 2.45) is 5.14 Å². The molecule has 0 fully saturated rings. The Morgan fingerprint density at radius 1 is 1.10 bits per heavy atom. The number of carbonyl (C=O) groups is 2. The summed E-state index contributed by atoms with van der Waals surface area (Å²) in [6.45, 7) is 0.170. The molecule has 8 nitrogen and oxygen atoms in total. The van der Waals surface area contributed by atoms with Gasteiger partial charge in [-0.05, 0) is 54.7 Å². The van der Waals surface area contributed by atoms with Crippen LogP contribution in [0.5, 0.6) is 5.75 Å². The zero-order valence-electron chi connectivity index (χ0n) is 17.2. The van der Waals surface area contributed by atoms with Crippen molar-refractivity contribution in [3.05, 3.63) is 60.2 Å². The molecular weight excluding hydrogens is 438 g/mol. The number of rotatable bonds is 12. The summed E-state index contributed by atoms with van der Waals surface area (Å²) in [7, 11) is -3.73. The molecule has 2 amide bonds. The molecule has 0 heterocycles. The highest BCUT2D eigenvalue weighted by Crippen LogP contribution is 2.10. The van der Waals surface area contributed by atoms with E-state index in [1.165, 1.54) is 12.1 Å². The van der Waals surface area contributed by atoms with Crippen molar-refractivity contribution >= 4 is 33.6 Å². The number of thioether (sulfide) groups is 1. The lowest BCUT2D eigenvalue weighted by Crippen LogP contribution is -2.48. The zero-order chi connectivity index (χ0) is 22.7. The van der Waals surface area contributed by atoms with E-state index in [2.05, 4.69) is 10.6 Å². The summed E-state index contributed by atoms with van der Waals surface area (Å²) in [6, 6.07) is 14.5. The highest BCUT2D eigenvalue weighted by Gasteiger charge is 2.20. The molecule has 0 saturated carbocycles. The molecule has 2 aromatic rings. The smallest absolute Gasteiger partial charge is 0.258 e. The molecule has 0 spiro atoms. The minimum atomic E-state index is -3.73. The van der Waals surface area contributed by atoms with Crippen molar-refractivity contribution in [1.29, 1.82) is 0 Å². The van der Waals surface area contributed by atoms with E-state index in [0.717, 1.165) is 5.56 Å². The van der Waals surface area contributed by atoms with Crippen molar-refractivity contribution in [2.45, 2.75) is 23.8 Å². The molecule has 1 unspecified atom stereocenters. The van der Waals surface area contributed by atoms with Crippen LogP contribution in [0.1, 0.15) is 12.0 Å². The van der Waals surface area contributed by atoms with Gasteiger partial charge in [-0.2, -0.15) is 11.8 Å². The van der Waals surface area contributed by atoms with Crippen LogP contribution in [0.25, 0.3) is 0 Å². The fraction of sp³-hybridized carbons (Fsp3) is 0.333. The first-order valence-corrected chi connectivity index (χ1v) is 12.6. The van der Waals surface area contributed by atoms with Crippen LogP contribution in [-0.4, -0.2) is 51.4 Å². The van der Waals surface area contributed by atoms with Gasteiger partial charge >= 0.3 is 0 Å². The van der Waals surface area contributed by atoms with Crippen molar-refractivity contribution < 1.29 is 22.7 Å². The molecule has 168 valence electrons. The number of sulfonamides is 1. The predicted octanol–water partition coefficient (Wildman–Crippen LogP) is 1.31. The van der Waals surface area contributed by atoms with Gasteiger partial charge in [-0.25, -0.2) is 13.6 Å². The van der Waals surface area contributed by atoms with E-state index >= 15 is 0 Å². The molecule has 0 bridgehead atoms. The Kier molecular flexibility index (Phi) is 9.83. The van der Waals surface area contributed by atoms with Gasteiger partial charge < -0.3 is 15.4 Å². The minimum absolute atomic E-state index is 0.0397. The van der Waals surface area contributed by atoms with Crippen LogP contribution in [0, 0.1) is 0 Å². The van der Waals surface area contributed by atoms with Crippen molar-refractivity contribution in [1.82, 2.24) is 10.6 Å². The number of carbonyl (C=O) groups excluding carboxylic acids is 2. The average molecular weight is 466 g/mol. The number of hydrogen-bond donors (Lipinski definition) is 3. The monoisotopic (exact) mass is 465 g/mol. The Labute approximate surface area is 187 Å². The van der Waals surface area contributed by atoms with Crippen molar-refractivity contribution in [3.63, 3.8) is 0 Å². The number of ether oxygens (including phenoxy) is 1. The molecule has 2 rings (SSSR count). The zero-order valence-corrected chi connectivity index (χ0v) is 18.9. The molecule has 1 atom stereocenters. The Morgan fingerprint density at radius 2 is 1.77 bits per heavy atom. The van der Waals surface area contributed by atoms with Gasteiger partial charge in [-0.15, -0.1) is 0 Å². The molecule has 0 radical (unpaired) electrons. The summed E-state index contributed by atoms with van der Waals surface area (Å²) >= 11 is 1.59. The second-order valence-electron chi connectivity index (χ2n) is 6.73. The fourth-order valence-corrected chi connectivity index (χ4v) is 3.69. The van der Waals surface area contributed by atoms with Crippen LogP contribution in [0.4, 0.5) is 0 Å². The molecule has 10 heteroatoms. The van der Waals surface area contributed by atoms with Gasteiger partial charge in [0.2, 0.25) is 15.9 Å². The number of hydrogen-bond acceptors (Lipinski definition) is 6. The maximum absolute atomic E-state index is 12.6. The van der Waals surface area contributed by atoms with E-state index in [1.807, 2.05) is 24.5 Å². The fourth-order valence-electron chi connectivity index (χ4n) is 2.71. The second kappa shape index (κ2) is 12.3. The first-order chi connectivity index (χ1) is 14.8. The normalized spacial score (nSPS) is 12.1. The quantitative estimate of drug-likeness (QED) is 0.434. The van der Waals surface area contributed by atoms with Gasteiger partial charge in [0.05, 0.1) is 4.90 Å². The van der Waals surface area contributed by atoms with Crippen LogP contribution < -0.4 is 20.5 Å². The van der Waals surface area contributed by atoms with E-state index < -0.39 is 16.1 Å². The van der Waals surface area contributed by atoms with Crippen molar-refractivity contribution in [3.8, 4) is 5.75 Å². The number of benzene rings is 2. The maximum atomic E-state index is 12.6. The number of primary sulfonamides is 1. The molecule has 0 aliphatic heterocycles. The highest BCUT2D eigenvalue weighted by molar-refractivity contribution is 7.98. The molecule has 0 aromatic heterocycles. The number of amides is 2. The SMILES string of the molecule is CSCCC(NC(=O)COc1ccccc1)C(=O)NCCc1ccc(S(N)(=O)=O)cc1. The number of nitrogens with one attached hydrogen (secondary N) is 2. The first kappa shape index (κ1) is 24.7. The Hall–Kier alpha value is -2.56. The van der Waals surface area contributed by atoms with Gasteiger partial charge in [0, 0.05) is 6.54 Å². The molecule has 2 aromatic carbocycles. The summed E-state index contributed by atoms with van der Waals surface area (Å²) in [4.78, 5) is 24.8. The molecule has 31 heavy (non-hydrogen) atoms. The summed E-state index contributed by atoms with van der Waals surface area (Å²) in [6.07, 6.45) is 2.94. The van der Waals surface area contributed by atoms with Crippen molar-refractivity contribution in [2.75, 3.05) is 25.2 Å². The van der Waals surface area contributed by atoms with E-state index in [4.69, 9.17) is 9.88 Å². The first-order valence-electron chi connectivity index (χ1n) is 9.65. The molecule has 4 N–H and O–H groups in total. The second-order valence-corrected chi connectivity index (χ2v) is 9.28. The molecule has 0 aliphatic carbocycles. The number of nitrogens with two attached hydrogens (primary N) is 1. The van der Waals surface area contributed by atoms with Crippen LogP contribution in [0.3, 0.4) is 0 Å². The summed E-state index contributed by atoms with van der Waals surface area (Å²) in [5.74, 6) is 0.649. The summed E-state index contributed by atoms with van der Waals surface area (Å²) in [5, 5.41) is 10.6. The van der Waals surface area contributed by atoms with Crippen LogP contribution in [0.2, 0.25) is 0 Å². The van der Waals surface area contributed by atoms with Gasteiger partial charge in [0.15, 0.2) is 6.61 Å². The van der Waals surface area contributed by atoms with E-state index in [-0.39, 0.29) is 23.3 Å². The third kappa shape index (κ3) is 8.99. The number of para-hydroxylation sites is 1. The third-order valence-corrected chi connectivity index (χ3v) is 5.91. The predicted molar refractivity (Wildman–Crippen MR) is 121 cm³/mol. The summed E-state index contributed by atoms with van der Waals surface area (Å²) in [5.41, 5.74) is 0.855. The average Bonchev–Trinajstić information content (AvgIpc) is 2.75. The Bertz CT molecular complexity index is 951. The van der Waals surface area contributed by atoms with Crippen LogP contribution in [-0.2, 0) is 26.0 Å². The minimum Gasteiger partial charge on any atom is -0.484 e. The van der Waals surface area contributed by atoms with Crippen LogP contribution in [0.15, 0.2) is 59.5 Å². The maximum Gasteiger partial charge on any atom is 0.258 e. The largest absolute Gasteiger partial charge is 0.484 e. The topological polar surface area (TPSA) is 128 Å². The van der Waals surface area contributed by atoms with E-state index in [0.29, 0.717) is 30.9 Å². The van der Waals surface area contributed by atoms with E-state index in [1.54, 1.807) is 36.0 Å². The molecule has 0 aliphatic rings. The Morgan fingerprint density at radius 3 is 2.39 bits per heavy atom. The van der Waals surface area contributed by atoms with E-state index in [9.17, 15) is 18.0 Å². The van der Waals surface area contributed by atoms with Gasteiger partial charge in [-0.3, -0.25) is 9.59 Å². The van der Waals surface area contributed by atoms with Crippen LogP contribution >= 0.6 is 11.8 Å². The lowest BCUT2D eigenvalue weighted by molar-refractivity contribution is -0.130. The standard InChI is InChI=1S/C21H27N3O5S2/c1-30-14-12-19(24-20(25)15-29-17-5-3-2-4-6-17)21(26)23-13-11-16-7-9-18(10-8-16)31(22,27)28/h2-10,19H,11-15H2,1H3,(H,23,26)(H,24,25)(H2,22,27,28). The lowest BCUT2D eigenvalue weighted by Gasteiger charge is -2.18. The molecule has 0 saturated heterocycles. The van der Waals surface area contributed by atoms with Gasteiger partial charge in [0.1, 0.15) is 11.8 Å². The lowest BCUT2D eigenvalue weighted by atomic mass is 10.1. The van der Waals surface area contributed by atoms with Gasteiger partial charge in [-0.1, -0.05) is 30.3 Å². The van der Waals surface area contributed by atoms with Gasteiger partial charge in [0.25, 0.3) is 5.91 Å². The summed E-state index contributed by atoms with van der Waals surface area (Å²) < 4.78 is 28.0. The highest BCUT2D eigenvalue weighted by atomic mass is 32.2.